The molecule has 0 aromatic heterocycles. The SMILES string of the molecule is CC1(C)O[C@@H]2[C@@H](CNS(=O)(=O)C(F)(F)F)OC[C@]2(CNC(=O)c2ccccc2)O1. The summed E-state index contributed by atoms with van der Waals surface area (Å²) in [7, 11) is -5.52. The number of fused-ring (bicyclic) bond motifs is 1. The molecule has 3 atom stereocenters. The average Bonchev–Trinajstić information content (AvgIpc) is 3.08. The van der Waals surface area contributed by atoms with Crippen molar-refractivity contribution in [3.63, 3.8) is 0 Å². The van der Waals surface area contributed by atoms with Crippen molar-refractivity contribution in [3.05, 3.63) is 35.9 Å². The van der Waals surface area contributed by atoms with Gasteiger partial charge in [0.1, 0.15) is 17.8 Å². The average molecular weight is 438 g/mol. The largest absolute Gasteiger partial charge is 0.511 e. The molecule has 2 N–H and O–H groups in total. The topological polar surface area (TPSA) is 103 Å². The van der Waals surface area contributed by atoms with E-state index in [4.69, 9.17) is 14.2 Å². The fraction of sp³-hybridized carbons (Fsp3) is 0.588. The maximum atomic E-state index is 12.6. The Bertz CT molecular complexity index is 862. The molecule has 8 nitrogen and oxygen atoms in total. The Morgan fingerprint density at radius 1 is 1.24 bits per heavy atom. The summed E-state index contributed by atoms with van der Waals surface area (Å²) in [5.74, 6) is -1.46. The quantitative estimate of drug-likeness (QED) is 0.691. The zero-order valence-electron chi connectivity index (χ0n) is 15.7. The lowest BCUT2D eigenvalue weighted by Gasteiger charge is -2.27. The van der Waals surface area contributed by atoms with Crippen molar-refractivity contribution in [2.45, 2.75) is 43.0 Å². The molecule has 0 unspecified atom stereocenters. The molecule has 2 aliphatic rings. The highest BCUT2D eigenvalue weighted by Gasteiger charge is 2.61. The van der Waals surface area contributed by atoms with E-state index < -0.39 is 45.7 Å². The first-order valence-electron chi connectivity index (χ1n) is 8.74. The zero-order valence-corrected chi connectivity index (χ0v) is 16.5. The van der Waals surface area contributed by atoms with Crippen molar-refractivity contribution in [1.29, 1.82) is 0 Å². The predicted octanol–water partition coefficient (Wildman–Crippen LogP) is 1.14. The molecule has 0 radical (unpaired) electrons. The highest BCUT2D eigenvalue weighted by Crippen LogP contribution is 2.43. The summed E-state index contributed by atoms with van der Waals surface area (Å²) in [6.07, 6.45) is -1.91. The lowest BCUT2D eigenvalue weighted by atomic mass is 9.96. The molecule has 1 amide bonds. The van der Waals surface area contributed by atoms with Crippen LogP contribution in [-0.2, 0) is 24.2 Å². The van der Waals surface area contributed by atoms with Crippen LogP contribution in [0.4, 0.5) is 13.2 Å². The van der Waals surface area contributed by atoms with E-state index >= 15 is 0 Å². The van der Waals surface area contributed by atoms with Crippen LogP contribution < -0.4 is 10.0 Å². The number of sulfonamides is 1. The molecule has 0 saturated carbocycles. The standard InChI is InChI=1S/C17H21F3N2O6S/c1-15(2)27-13-12(8-22-29(24,25)17(18,19)20)26-10-16(13,28-15)9-21-14(23)11-6-4-3-5-7-11/h3-7,12-13,22H,8-10H2,1-2H3,(H,21,23)/t12-,13-,16+/m1/s1. The van der Waals surface area contributed by atoms with Crippen LogP contribution in [0.25, 0.3) is 0 Å². The third-order valence-corrected chi connectivity index (χ3v) is 5.78. The van der Waals surface area contributed by atoms with E-state index in [1.807, 2.05) is 0 Å². The van der Waals surface area contributed by atoms with Crippen molar-refractivity contribution >= 4 is 15.9 Å². The second-order valence-corrected chi connectivity index (χ2v) is 9.06. The summed E-state index contributed by atoms with van der Waals surface area (Å²) in [5, 5.41) is 2.72. The van der Waals surface area contributed by atoms with E-state index in [1.165, 1.54) is 4.72 Å². The summed E-state index contributed by atoms with van der Waals surface area (Å²) in [6, 6.07) is 8.42. The number of carbonyl (C=O) groups is 1. The van der Waals surface area contributed by atoms with E-state index in [1.54, 1.807) is 44.2 Å². The van der Waals surface area contributed by atoms with Crippen LogP contribution in [0.5, 0.6) is 0 Å². The van der Waals surface area contributed by atoms with Gasteiger partial charge in [-0.05, 0) is 26.0 Å². The van der Waals surface area contributed by atoms with Crippen LogP contribution in [0.2, 0.25) is 0 Å². The third-order valence-electron chi connectivity index (χ3n) is 4.62. The number of benzene rings is 1. The van der Waals surface area contributed by atoms with Gasteiger partial charge in [0.05, 0.1) is 13.2 Å². The third kappa shape index (κ3) is 4.56. The van der Waals surface area contributed by atoms with E-state index in [9.17, 15) is 26.4 Å². The maximum Gasteiger partial charge on any atom is 0.511 e. The van der Waals surface area contributed by atoms with E-state index in [2.05, 4.69) is 5.32 Å². The summed E-state index contributed by atoms with van der Waals surface area (Å²) in [4.78, 5) is 12.3. The zero-order chi connectivity index (χ0) is 21.5. The van der Waals surface area contributed by atoms with Crippen LogP contribution >= 0.6 is 0 Å². The van der Waals surface area contributed by atoms with Gasteiger partial charge >= 0.3 is 15.5 Å². The van der Waals surface area contributed by atoms with Gasteiger partial charge in [0.15, 0.2) is 5.79 Å². The smallest absolute Gasteiger partial charge is 0.371 e. The highest BCUT2D eigenvalue weighted by molar-refractivity contribution is 7.90. The number of ether oxygens (including phenoxy) is 3. The first-order valence-corrected chi connectivity index (χ1v) is 10.2. The number of rotatable bonds is 6. The molecule has 2 saturated heterocycles. The van der Waals surface area contributed by atoms with Gasteiger partial charge in [-0.25, -0.2) is 13.1 Å². The molecule has 2 heterocycles. The molecule has 3 rings (SSSR count). The van der Waals surface area contributed by atoms with Gasteiger partial charge in [0.25, 0.3) is 5.91 Å². The molecular weight excluding hydrogens is 417 g/mol. The second kappa shape index (κ2) is 7.51. The molecule has 29 heavy (non-hydrogen) atoms. The summed E-state index contributed by atoms with van der Waals surface area (Å²) in [6.45, 7) is 2.46. The van der Waals surface area contributed by atoms with Gasteiger partial charge in [0.2, 0.25) is 0 Å². The number of halogens is 3. The minimum atomic E-state index is -5.52. The van der Waals surface area contributed by atoms with Gasteiger partial charge in [-0.1, -0.05) is 18.2 Å². The van der Waals surface area contributed by atoms with Crippen molar-refractivity contribution < 1.29 is 40.6 Å². The second-order valence-electron chi connectivity index (χ2n) is 7.30. The Hall–Kier alpha value is -1.73. The van der Waals surface area contributed by atoms with Crippen molar-refractivity contribution in [2.24, 2.45) is 0 Å². The molecule has 0 bridgehead atoms. The number of carbonyl (C=O) groups excluding carboxylic acids is 1. The van der Waals surface area contributed by atoms with Crippen molar-refractivity contribution in [2.75, 3.05) is 19.7 Å². The molecule has 162 valence electrons. The Morgan fingerprint density at radius 3 is 2.52 bits per heavy atom. The molecule has 2 fully saturated rings. The Balaban J connectivity index is 1.70. The first-order chi connectivity index (χ1) is 13.4. The highest BCUT2D eigenvalue weighted by atomic mass is 32.2. The van der Waals surface area contributed by atoms with Crippen LogP contribution in [-0.4, -0.2) is 63.1 Å². The van der Waals surface area contributed by atoms with E-state index in [-0.39, 0.29) is 19.1 Å². The van der Waals surface area contributed by atoms with Gasteiger partial charge in [-0.15, -0.1) is 0 Å². The van der Waals surface area contributed by atoms with E-state index in [0.717, 1.165) is 0 Å². The van der Waals surface area contributed by atoms with Crippen LogP contribution in [0, 0.1) is 0 Å². The van der Waals surface area contributed by atoms with Crippen LogP contribution in [0.15, 0.2) is 30.3 Å². The number of hydrogen-bond acceptors (Lipinski definition) is 6. The van der Waals surface area contributed by atoms with Gasteiger partial charge in [0, 0.05) is 12.1 Å². The monoisotopic (exact) mass is 438 g/mol. The number of alkyl halides is 3. The fourth-order valence-corrected chi connectivity index (χ4v) is 3.94. The van der Waals surface area contributed by atoms with E-state index in [0.29, 0.717) is 5.56 Å². The van der Waals surface area contributed by atoms with Crippen LogP contribution in [0.1, 0.15) is 24.2 Å². The lowest BCUT2D eigenvalue weighted by molar-refractivity contribution is -0.188. The minimum Gasteiger partial charge on any atom is -0.371 e. The number of nitrogens with one attached hydrogen (secondary N) is 2. The summed E-state index contributed by atoms with van der Waals surface area (Å²) in [5.41, 5.74) is -6.17. The number of hydrogen-bond donors (Lipinski definition) is 2. The molecule has 0 aliphatic carbocycles. The Labute approximate surface area is 165 Å². The Kier molecular flexibility index (Phi) is 5.69. The van der Waals surface area contributed by atoms with Crippen LogP contribution in [0.3, 0.4) is 0 Å². The molecular formula is C17H21F3N2O6S. The first kappa shape index (κ1) is 22.0. The number of amides is 1. The summed E-state index contributed by atoms with van der Waals surface area (Å²) >= 11 is 0. The maximum absolute atomic E-state index is 12.6. The predicted molar refractivity (Wildman–Crippen MR) is 94.3 cm³/mol. The molecule has 1 aromatic carbocycles. The molecule has 1 aromatic rings. The van der Waals surface area contributed by atoms with Gasteiger partial charge < -0.3 is 19.5 Å². The fourth-order valence-electron chi connectivity index (χ4n) is 3.40. The van der Waals surface area contributed by atoms with Crippen molar-refractivity contribution in [3.8, 4) is 0 Å². The minimum absolute atomic E-state index is 0.0304. The molecule has 0 spiro atoms. The van der Waals surface area contributed by atoms with Gasteiger partial charge in [-0.2, -0.15) is 13.2 Å². The van der Waals surface area contributed by atoms with Gasteiger partial charge in [-0.3, -0.25) is 4.79 Å². The van der Waals surface area contributed by atoms with Crippen molar-refractivity contribution in [1.82, 2.24) is 10.0 Å². The molecule has 2 aliphatic heterocycles. The lowest BCUT2D eigenvalue weighted by Crippen LogP contribution is -2.52. The Morgan fingerprint density at radius 2 is 1.90 bits per heavy atom. The normalized spacial score (nSPS) is 28.9. The molecule has 12 heteroatoms. The summed E-state index contributed by atoms with van der Waals surface area (Å²) < 4.78 is 78.8.